The lowest BCUT2D eigenvalue weighted by molar-refractivity contribution is -0.130. The molecule has 32 heavy (non-hydrogen) atoms. The van der Waals surface area contributed by atoms with Gasteiger partial charge in [0.15, 0.2) is 11.0 Å². The number of benzene rings is 1. The third-order valence-corrected chi connectivity index (χ3v) is 7.06. The number of aromatic nitrogens is 3. The molecule has 2 fully saturated rings. The van der Waals surface area contributed by atoms with Gasteiger partial charge in [-0.05, 0) is 38.0 Å². The fourth-order valence-corrected chi connectivity index (χ4v) is 5.03. The first-order chi connectivity index (χ1) is 15.4. The highest BCUT2D eigenvalue weighted by Gasteiger charge is 2.26. The summed E-state index contributed by atoms with van der Waals surface area (Å²) in [4.78, 5) is 28.7. The molecule has 0 unspecified atom stereocenters. The minimum absolute atomic E-state index is 0.0637. The average molecular weight is 497 g/mol. The van der Waals surface area contributed by atoms with Crippen LogP contribution in [-0.2, 0) is 16.1 Å². The molecule has 0 bridgehead atoms. The molecule has 1 saturated heterocycles. The van der Waals surface area contributed by atoms with Crippen LogP contribution >= 0.6 is 35.0 Å². The maximum absolute atomic E-state index is 12.7. The number of amides is 2. The van der Waals surface area contributed by atoms with Gasteiger partial charge in [-0.3, -0.25) is 14.5 Å². The van der Waals surface area contributed by atoms with E-state index in [0.29, 0.717) is 66.3 Å². The van der Waals surface area contributed by atoms with E-state index in [4.69, 9.17) is 23.2 Å². The van der Waals surface area contributed by atoms with Gasteiger partial charge in [-0.25, -0.2) is 0 Å². The van der Waals surface area contributed by atoms with E-state index in [2.05, 4.69) is 20.4 Å². The molecule has 1 aromatic carbocycles. The van der Waals surface area contributed by atoms with E-state index in [1.54, 1.807) is 12.1 Å². The minimum Gasteiger partial charge on any atom is -0.352 e. The van der Waals surface area contributed by atoms with Gasteiger partial charge in [-0.1, -0.05) is 35.0 Å². The van der Waals surface area contributed by atoms with Crippen LogP contribution in [-0.4, -0.2) is 80.9 Å². The number of nitrogens with one attached hydrogen (secondary N) is 1. The molecule has 1 aromatic heterocycles. The number of thioether (sulfide) groups is 1. The molecule has 2 heterocycles. The summed E-state index contributed by atoms with van der Waals surface area (Å²) in [5.74, 6) is 1.09. The van der Waals surface area contributed by atoms with Crippen molar-refractivity contribution in [2.75, 3.05) is 38.5 Å². The first-order valence-electron chi connectivity index (χ1n) is 10.8. The summed E-state index contributed by atoms with van der Waals surface area (Å²) in [5, 5.41) is 13.3. The fraction of sp³-hybridized carbons (Fsp3) is 0.524. The predicted octanol–water partition coefficient (Wildman–Crippen LogP) is 2.79. The van der Waals surface area contributed by atoms with E-state index in [9.17, 15) is 9.59 Å². The third-order valence-electron chi connectivity index (χ3n) is 5.56. The van der Waals surface area contributed by atoms with E-state index < -0.39 is 0 Å². The van der Waals surface area contributed by atoms with Crippen LogP contribution < -0.4 is 5.32 Å². The van der Waals surface area contributed by atoms with Crippen molar-refractivity contribution in [1.29, 1.82) is 0 Å². The molecule has 172 valence electrons. The Labute approximate surface area is 201 Å². The first kappa shape index (κ1) is 23.4. The molecular weight excluding hydrogens is 471 g/mol. The molecule has 1 aliphatic heterocycles. The lowest BCUT2D eigenvalue weighted by atomic mass is 10.2. The zero-order chi connectivity index (χ0) is 22.7. The number of rotatable bonds is 8. The Hall–Kier alpha value is -1.81. The Morgan fingerprint density at radius 1 is 1.16 bits per heavy atom. The average Bonchev–Trinajstić information content (AvgIpc) is 3.49. The van der Waals surface area contributed by atoms with Crippen LogP contribution in [0.25, 0.3) is 11.4 Å². The number of carbonyl (C=O) groups is 2. The lowest BCUT2D eigenvalue weighted by Crippen LogP contribution is -2.51. The van der Waals surface area contributed by atoms with Crippen molar-refractivity contribution in [1.82, 2.24) is 29.9 Å². The zero-order valence-electron chi connectivity index (χ0n) is 17.9. The highest BCUT2D eigenvalue weighted by atomic mass is 35.5. The van der Waals surface area contributed by atoms with Gasteiger partial charge in [-0.2, -0.15) is 0 Å². The summed E-state index contributed by atoms with van der Waals surface area (Å²) in [6, 6.07) is 5.65. The Morgan fingerprint density at radius 3 is 2.56 bits per heavy atom. The Balaban J connectivity index is 1.29. The summed E-state index contributed by atoms with van der Waals surface area (Å²) in [5.41, 5.74) is 0.755. The Bertz CT molecular complexity index is 989. The van der Waals surface area contributed by atoms with E-state index >= 15 is 0 Å². The van der Waals surface area contributed by atoms with Crippen molar-refractivity contribution in [3.05, 3.63) is 28.2 Å². The molecule has 1 aliphatic carbocycles. The summed E-state index contributed by atoms with van der Waals surface area (Å²) >= 11 is 13.7. The number of hydrogen-bond donors (Lipinski definition) is 1. The van der Waals surface area contributed by atoms with Gasteiger partial charge in [0.05, 0.1) is 17.3 Å². The van der Waals surface area contributed by atoms with Crippen molar-refractivity contribution in [3.63, 3.8) is 0 Å². The van der Waals surface area contributed by atoms with Gasteiger partial charge in [0.1, 0.15) is 0 Å². The number of halogens is 2. The van der Waals surface area contributed by atoms with Gasteiger partial charge in [0, 0.05) is 49.4 Å². The molecule has 2 aliphatic rings. The standard InChI is InChI=1S/C21H26Cl2N6O2S/c1-2-29-20(16-6-3-14(22)11-17(16)23)25-26-21(29)32-13-19(31)28-9-7-27(8-10-28)12-18(30)24-15-4-5-15/h3,6,11,15H,2,4-5,7-10,12-13H2,1H3,(H,24,30). The summed E-state index contributed by atoms with van der Waals surface area (Å²) in [6.07, 6.45) is 2.18. The monoisotopic (exact) mass is 496 g/mol. The molecule has 11 heteroatoms. The third kappa shape index (κ3) is 5.75. The van der Waals surface area contributed by atoms with Gasteiger partial charge in [0.2, 0.25) is 11.8 Å². The molecule has 0 atom stereocenters. The van der Waals surface area contributed by atoms with Crippen molar-refractivity contribution < 1.29 is 9.59 Å². The lowest BCUT2D eigenvalue weighted by Gasteiger charge is -2.34. The SMILES string of the molecule is CCn1c(SCC(=O)N2CCN(CC(=O)NC3CC3)CC2)nnc1-c1ccc(Cl)cc1Cl. The molecule has 2 aromatic rings. The van der Waals surface area contributed by atoms with Crippen LogP contribution in [0, 0.1) is 0 Å². The maximum atomic E-state index is 12.7. The minimum atomic E-state index is 0.0637. The molecule has 1 saturated carbocycles. The normalized spacial score (nSPS) is 16.9. The number of carbonyl (C=O) groups excluding carboxylic acids is 2. The molecular formula is C21H26Cl2N6O2S. The highest BCUT2D eigenvalue weighted by Crippen LogP contribution is 2.31. The summed E-state index contributed by atoms with van der Waals surface area (Å²) in [6.45, 7) is 5.73. The van der Waals surface area contributed by atoms with Crippen LogP contribution in [0.3, 0.4) is 0 Å². The summed E-state index contributed by atoms with van der Waals surface area (Å²) < 4.78 is 1.95. The molecule has 2 amide bonds. The highest BCUT2D eigenvalue weighted by molar-refractivity contribution is 7.99. The Morgan fingerprint density at radius 2 is 1.91 bits per heavy atom. The second kappa shape index (κ2) is 10.4. The molecule has 0 spiro atoms. The second-order valence-electron chi connectivity index (χ2n) is 7.96. The molecule has 1 N–H and O–H groups in total. The van der Waals surface area contributed by atoms with E-state index in [0.717, 1.165) is 18.4 Å². The van der Waals surface area contributed by atoms with Gasteiger partial charge in [-0.15, -0.1) is 10.2 Å². The number of piperazine rings is 1. The molecule has 0 radical (unpaired) electrons. The smallest absolute Gasteiger partial charge is 0.234 e. The first-order valence-corrected chi connectivity index (χ1v) is 12.5. The van der Waals surface area contributed by atoms with Crippen LogP contribution in [0.15, 0.2) is 23.4 Å². The predicted molar refractivity (Wildman–Crippen MR) is 126 cm³/mol. The van der Waals surface area contributed by atoms with Gasteiger partial charge < -0.3 is 14.8 Å². The number of nitrogens with zero attached hydrogens (tertiary/aromatic N) is 5. The molecule has 4 rings (SSSR count). The van der Waals surface area contributed by atoms with Gasteiger partial charge >= 0.3 is 0 Å². The largest absolute Gasteiger partial charge is 0.352 e. The van der Waals surface area contributed by atoms with E-state index in [-0.39, 0.29) is 17.6 Å². The van der Waals surface area contributed by atoms with Crippen molar-refractivity contribution in [3.8, 4) is 11.4 Å². The van der Waals surface area contributed by atoms with Crippen molar-refractivity contribution in [2.45, 2.75) is 37.5 Å². The Kier molecular flexibility index (Phi) is 7.60. The van der Waals surface area contributed by atoms with Crippen LogP contribution in [0.1, 0.15) is 19.8 Å². The van der Waals surface area contributed by atoms with E-state index in [1.165, 1.54) is 11.8 Å². The van der Waals surface area contributed by atoms with Gasteiger partial charge in [0.25, 0.3) is 0 Å². The second-order valence-corrected chi connectivity index (χ2v) is 9.75. The fourth-order valence-electron chi connectivity index (χ4n) is 3.63. The summed E-state index contributed by atoms with van der Waals surface area (Å²) in [7, 11) is 0. The van der Waals surface area contributed by atoms with Crippen LogP contribution in [0.5, 0.6) is 0 Å². The van der Waals surface area contributed by atoms with Crippen LogP contribution in [0.2, 0.25) is 10.0 Å². The van der Waals surface area contributed by atoms with E-state index in [1.807, 2.05) is 22.5 Å². The van der Waals surface area contributed by atoms with Crippen LogP contribution in [0.4, 0.5) is 0 Å². The quantitative estimate of drug-likeness (QED) is 0.565. The van der Waals surface area contributed by atoms with Crippen molar-refractivity contribution in [2.24, 2.45) is 0 Å². The molecule has 8 nitrogen and oxygen atoms in total. The number of hydrogen-bond acceptors (Lipinski definition) is 6. The van der Waals surface area contributed by atoms with Crippen molar-refractivity contribution >= 4 is 46.8 Å². The maximum Gasteiger partial charge on any atom is 0.234 e. The topological polar surface area (TPSA) is 83.4 Å². The zero-order valence-corrected chi connectivity index (χ0v) is 20.2.